The summed E-state index contributed by atoms with van der Waals surface area (Å²) in [4.78, 5) is 0. The van der Waals surface area contributed by atoms with Crippen molar-refractivity contribution in [3.8, 4) is 0 Å². The van der Waals surface area contributed by atoms with E-state index < -0.39 is 11.9 Å². The van der Waals surface area contributed by atoms with Gasteiger partial charge in [0, 0.05) is 8.04 Å². The van der Waals surface area contributed by atoms with Gasteiger partial charge in [-0.05, 0) is 56.6 Å². The van der Waals surface area contributed by atoms with E-state index in [1.54, 1.807) is 22.6 Å². The van der Waals surface area contributed by atoms with Crippen molar-refractivity contribution >= 4 is 38.5 Å². The third-order valence-corrected chi connectivity index (χ3v) is 2.84. The summed E-state index contributed by atoms with van der Waals surface area (Å²) in [6.45, 7) is 0. The van der Waals surface area contributed by atoms with Crippen LogP contribution < -0.4 is 0 Å². The molecule has 0 aliphatic carbocycles. The predicted molar refractivity (Wildman–Crippen MR) is 46.8 cm³/mol. The Hall–Kier alpha value is 0.360. The van der Waals surface area contributed by atoms with Crippen LogP contribution in [0.15, 0.2) is 22.6 Å². The van der Waals surface area contributed by atoms with E-state index in [4.69, 9.17) is 4.11 Å². The predicted octanol–water partition coefficient (Wildman–Crippen LogP) is 3.19. The summed E-state index contributed by atoms with van der Waals surface area (Å²) in [6.07, 6.45) is 0. The summed E-state index contributed by atoms with van der Waals surface area (Å²) in [5, 5.41) is 0. The quantitative estimate of drug-likeness (QED) is 0.510. The van der Waals surface area contributed by atoms with Crippen molar-refractivity contribution in [3.63, 3.8) is 0 Å². The summed E-state index contributed by atoms with van der Waals surface area (Å²) in [7, 11) is 0. The molecular formula is C6H3BrFI. The van der Waals surface area contributed by atoms with Crippen LogP contribution in [0.5, 0.6) is 0 Å². The maximum atomic E-state index is 12.9. The van der Waals surface area contributed by atoms with Crippen molar-refractivity contribution < 1.29 is 8.50 Å². The molecule has 9 heavy (non-hydrogen) atoms. The maximum Gasteiger partial charge on any atom is 0.124 e. The van der Waals surface area contributed by atoms with Gasteiger partial charge in [0.2, 0.25) is 0 Å². The third kappa shape index (κ3) is 1.89. The molecule has 0 spiro atoms. The van der Waals surface area contributed by atoms with Crippen molar-refractivity contribution in [2.75, 3.05) is 0 Å². The minimum absolute atomic E-state index is 0.184. The standard InChI is InChI=1S/C6H3BrFI/c7-5-3-4(8)1-2-6(5)9/h1-3H/i1D,2D,3D. The van der Waals surface area contributed by atoms with Crippen LogP contribution in [0.4, 0.5) is 4.39 Å². The Bertz CT molecular complexity index is 237. The summed E-state index contributed by atoms with van der Waals surface area (Å²) < 4.78 is 35.1. The van der Waals surface area contributed by atoms with Crippen LogP contribution in [-0.4, -0.2) is 0 Å². The highest BCUT2D eigenvalue weighted by Crippen LogP contribution is 2.18. The minimum Gasteiger partial charge on any atom is -0.207 e. The highest BCUT2D eigenvalue weighted by atomic mass is 127. The lowest BCUT2D eigenvalue weighted by Crippen LogP contribution is -1.75. The molecule has 3 heteroatoms. The van der Waals surface area contributed by atoms with E-state index in [-0.39, 0.29) is 16.6 Å². The topological polar surface area (TPSA) is 0 Å². The lowest BCUT2D eigenvalue weighted by molar-refractivity contribution is 0.626. The monoisotopic (exact) mass is 303 g/mol. The van der Waals surface area contributed by atoms with Crippen molar-refractivity contribution in [2.24, 2.45) is 0 Å². The smallest absolute Gasteiger partial charge is 0.124 e. The molecule has 1 aromatic carbocycles. The van der Waals surface area contributed by atoms with Gasteiger partial charge in [-0.2, -0.15) is 0 Å². The van der Waals surface area contributed by atoms with E-state index in [1.807, 2.05) is 0 Å². The van der Waals surface area contributed by atoms with Crippen LogP contribution in [-0.2, 0) is 0 Å². The molecule has 0 saturated heterocycles. The fourth-order valence-corrected chi connectivity index (χ4v) is 0.890. The van der Waals surface area contributed by atoms with Crippen LogP contribution in [0.25, 0.3) is 0 Å². The van der Waals surface area contributed by atoms with Gasteiger partial charge in [-0.1, -0.05) is 0 Å². The van der Waals surface area contributed by atoms with Crippen molar-refractivity contribution in [1.82, 2.24) is 0 Å². The molecule has 0 fully saturated rings. The number of hydrogen-bond donors (Lipinski definition) is 0. The van der Waals surface area contributed by atoms with Crippen LogP contribution in [0.3, 0.4) is 0 Å². The molecule has 0 bridgehead atoms. The number of rotatable bonds is 0. The van der Waals surface area contributed by atoms with Gasteiger partial charge >= 0.3 is 0 Å². The molecular weight excluding hydrogens is 298 g/mol. The van der Waals surface area contributed by atoms with Gasteiger partial charge in [-0.3, -0.25) is 0 Å². The molecule has 0 heterocycles. The Morgan fingerprint density at radius 3 is 3.00 bits per heavy atom. The first-order chi connectivity index (χ1) is 5.46. The van der Waals surface area contributed by atoms with Gasteiger partial charge < -0.3 is 0 Å². The zero-order valence-electron chi connectivity index (χ0n) is 7.13. The summed E-state index contributed by atoms with van der Waals surface area (Å²) in [5.74, 6) is -0.952. The third-order valence-electron chi connectivity index (χ3n) is 0.694. The molecule has 0 saturated carbocycles. The Morgan fingerprint density at radius 1 is 1.67 bits per heavy atom. The zero-order chi connectivity index (χ0) is 9.46. The fraction of sp³-hybridized carbons (Fsp3) is 0. The first kappa shape index (κ1) is 4.28. The lowest BCUT2D eigenvalue weighted by Gasteiger charge is -1.92. The first-order valence-corrected chi connectivity index (χ1v) is 3.94. The number of hydrogen-bond acceptors (Lipinski definition) is 0. The van der Waals surface area contributed by atoms with Crippen LogP contribution in [0.1, 0.15) is 4.11 Å². The van der Waals surface area contributed by atoms with Crippen molar-refractivity contribution in [1.29, 1.82) is 0 Å². The lowest BCUT2D eigenvalue weighted by atomic mass is 10.4. The average molecular weight is 304 g/mol. The van der Waals surface area contributed by atoms with E-state index in [0.717, 1.165) is 0 Å². The van der Waals surface area contributed by atoms with E-state index in [2.05, 4.69) is 15.9 Å². The fourth-order valence-electron chi connectivity index (χ4n) is 0.347. The second-order valence-electron chi connectivity index (χ2n) is 1.32. The van der Waals surface area contributed by atoms with E-state index in [1.165, 1.54) is 0 Å². The Morgan fingerprint density at radius 2 is 2.33 bits per heavy atom. The largest absolute Gasteiger partial charge is 0.207 e. The molecule has 0 nitrogen and oxygen atoms in total. The SMILES string of the molecule is [2H]c1c([2H])c(I)c(Br)c([2H])c1F. The second kappa shape index (κ2) is 2.96. The van der Waals surface area contributed by atoms with E-state index in [9.17, 15) is 4.39 Å². The van der Waals surface area contributed by atoms with Crippen molar-refractivity contribution in [2.45, 2.75) is 0 Å². The van der Waals surface area contributed by atoms with E-state index >= 15 is 0 Å². The molecule has 0 N–H and O–H groups in total. The molecule has 0 radical (unpaired) electrons. The Labute approximate surface area is 78.9 Å². The maximum absolute atomic E-state index is 12.9. The van der Waals surface area contributed by atoms with Gasteiger partial charge in [0.1, 0.15) is 5.82 Å². The molecule has 1 aromatic rings. The molecule has 1 rings (SSSR count). The van der Waals surface area contributed by atoms with Gasteiger partial charge in [0.05, 0.1) is 4.11 Å². The highest BCUT2D eigenvalue weighted by molar-refractivity contribution is 14.1. The van der Waals surface area contributed by atoms with Crippen LogP contribution in [0.2, 0.25) is 0 Å². The van der Waals surface area contributed by atoms with E-state index in [0.29, 0.717) is 3.57 Å². The average Bonchev–Trinajstić information content (AvgIpc) is 2.08. The zero-order valence-corrected chi connectivity index (χ0v) is 7.88. The summed E-state index contributed by atoms with van der Waals surface area (Å²) in [6, 6.07) is -1.07. The first-order valence-electron chi connectivity index (χ1n) is 3.57. The molecule has 0 unspecified atom stereocenters. The van der Waals surface area contributed by atoms with Gasteiger partial charge in [-0.15, -0.1) is 0 Å². The summed E-state index contributed by atoms with van der Waals surface area (Å²) >= 11 is 4.77. The molecule has 48 valence electrons. The van der Waals surface area contributed by atoms with Crippen molar-refractivity contribution in [3.05, 3.63) is 32.0 Å². The normalized spacial score (nSPS) is 14.3. The molecule has 0 aliphatic rings. The molecule has 0 amide bonds. The molecule has 0 aliphatic heterocycles. The van der Waals surface area contributed by atoms with Gasteiger partial charge in [0.25, 0.3) is 0 Å². The number of benzene rings is 1. The molecule has 0 aromatic heterocycles. The van der Waals surface area contributed by atoms with Crippen LogP contribution in [0, 0.1) is 9.39 Å². The molecule has 0 atom stereocenters. The van der Waals surface area contributed by atoms with Gasteiger partial charge in [0.15, 0.2) is 0 Å². The second-order valence-corrected chi connectivity index (χ2v) is 3.19. The Balaban J connectivity index is 3.60. The minimum atomic E-state index is -0.952. The highest BCUT2D eigenvalue weighted by Gasteiger charge is 1.95. The number of halogens is 3. The summed E-state index contributed by atoms with van der Waals surface area (Å²) in [5.41, 5.74) is 0. The van der Waals surface area contributed by atoms with Gasteiger partial charge in [-0.25, -0.2) is 4.39 Å². The Kier molecular flexibility index (Phi) is 1.41. The van der Waals surface area contributed by atoms with Crippen LogP contribution >= 0.6 is 38.5 Å².